The smallest absolute Gasteiger partial charge is 0.257 e. The Balaban J connectivity index is 1.37. The van der Waals surface area contributed by atoms with Gasteiger partial charge in [0.15, 0.2) is 0 Å². The van der Waals surface area contributed by atoms with E-state index in [2.05, 4.69) is 41.2 Å². The summed E-state index contributed by atoms with van der Waals surface area (Å²) in [5, 5.41) is 10.4. The van der Waals surface area contributed by atoms with Crippen molar-refractivity contribution in [1.29, 1.82) is 0 Å². The summed E-state index contributed by atoms with van der Waals surface area (Å²) < 4.78 is 0. The van der Waals surface area contributed by atoms with Gasteiger partial charge in [-0.2, -0.15) is 5.10 Å². The Morgan fingerprint density at radius 3 is 2.52 bits per heavy atom. The predicted octanol–water partition coefficient (Wildman–Crippen LogP) is 3.79. The van der Waals surface area contributed by atoms with Gasteiger partial charge in [0.05, 0.1) is 28.2 Å². The second kappa shape index (κ2) is 8.08. The lowest BCUT2D eigenvalue weighted by Crippen LogP contribution is -2.48. The largest absolute Gasteiger partial charge is 0.336 e. The lowest BCUT2D eigenvalue weighted by molar-refractivity contribution is 0.0628. The highest BCUT2D eigenvalue weighted by Gasteiger charge is 2.26. The number of piperazine rings is 1. The highest BCUT2D eigenvalue weighted by molar-refractivity contribution is 7.09. The molecular formula is C22H27N5OS. The van der Waals surface area contributed by atoms with Gasteiger partial charge in [0.2, 0.25) is 0 Å². The van der Waals surface area contributed by atoms with Crippen molar-refractivity contribution >= 4 is 17.2 Å². The average molecular weight is 410 g/mol. The molecule has 29 heavy (non-hydrogen) atoms. The van der Waals surface area contributed by atoms with E-state index in [9.17, 15) is 4.79 Å². The Kier molecular flexibility index (Phi) is 5.52. The van der Waals surface area contributed by atoms with Crippen LogP contribution < -0.4 is 0 Å². The highest BCUT2D eigenvalue weighted by Crippen LogP contribution is 2.26. The normalized spacial score (nSPS) is 15.6. The molecule has 1 aliphatic rings. The molecule has 1 amide bonds. The van der Waals surface area contributed by atoms with Crippen LogP contribution in [-0.2, 0) is 12.0 Å². The van der Waals surface area contributed by atoms with Gasteiger partial charge in [-0.05, 0) is 0 Å². The first-order chi connectivity index (χ1) is 13.9. The lowest BCUT2D eigenvalue weighted by Gasteiger charge is -2.34. The van der Waals surface area contributed by atoms with E-state index < -0.39 is 0 Å². The molecule has 3 heterocycles. The van der Waals surface area contributed by atoms with Gasteiger partial charge in [-0.3, -0.25) is 14.8 Å². The van der Waals surface area contributed by atoms with Crippen LogP contribution in [0.3, 0.4) is 0 Å². The predicted molar refractivity (Wildman–Crippen MR) is 116 cm³/mol. The number of amides is 1. The quantitative estimate of drug-likeness (QED) is 0.712. The Bertz CT molecular complexity index is 965. The molecule has 6 nitrogen and oxygen atoms in total. The van der Waals surface area contributed by atoms with E-state index in [0.29, 0.717) is 18.7 Å². The zero-order valence-corrected chi connectivity index (χ0v) is 18.0. The van der Waals surface area contributed by atoms with Crippen molar-refractivity contribution in [3.8, 4) is 11.3 Å². The number of carbonyl (C=O) groups is 1. The zero-order valence-electron chi connectivity index (χ0n) is 17.2. The van der Waals surface area contributed by atoms with Gasteiger partial charge in [-0.15, -0.1) is 11.3 Å². The Morgan fingerprint density at radius 2 is 1.86 bits per heavy atom. The summed E-state index contributed by atoms with van der Waals surface area (Å²) in [6.07, 6.45) is 1.64. The molecule has 1 fully saturated rings. The van der Waals surface area contributed by atoms with Gasteiger partial charge in [0.1, 0.15) is 0 Å². The maximum absolute atomic E-state index is 13.1. The number of hydrogen-bond donors (Lipinski definition) is 1. The minimum atomic E-state index is 0.0425. The van der Waals surface area contributed by atoms with Crippen molar-refractivity contribution in [3.05, 3.63) is 58.2 Å². The van der Waals surface area contributed by atoms with Crippen LogP contribution >= 0.6 is 11.3 Å². The van der Waals surface area contributed by atoms with Crippen LogP contribution in [0.1, 0.15) is 41.8 Å². The van der Waals surface area contributed by atoms with Gasteiger partial charge >= 0.3 is 0 Å². The molecule has 0 bridgehead atoms. The molecule has 0 saturated carbocycles. The molecule has 1 aliphatic heterocycles. The minimum Gasteiger partial charge on any atom is -0.336 e. The van der Waals surface area contributed by atoms with Crippen molar-refractivity contribution in [2.45, 2.75) is 32.7 Å². The number of aromatic nitrogens is 3. The molecule has 1 aromatic carbocycles. The van der Waals surface area contributed by atoms with E-state index in [1.807, 2.05) is 35.2 Å². The van der Waals surface area contributed by atoms with Crippen LogP contribution in [0.5, 0.6) is 0 Å². The van der Waals surface area contributed by atoms with Gasteiger partial charge in [-0.1, -0.05) is 51.1 Å². The van der Waals surface area contributed by atoms with Crippen molar-refractivity contribution in [1.82, 2.24) is 25.0 Å². The molecule has 0 unspecified atom stereocenters. The summed E-state index contributed by atoms with van der Waals surface area (Å²) in [7, 11) is 0. The SMILES string of the molecule is CC(C)(C)c1nc(CN2CCN(C(=O)c3cn[nH]c3-c3ccccc3)CC2)cs1. The second-order valence-corrected chi connectivity index (χ2v) is 9.35. The average Bonchev–Trinajstić information content (AvgIpc) is 3.38. The first-order valence-corrected chi connectivity index (χ1v) is 10.8. The fourth-order valence-corrected chi connectivity index (χ4v) is 4.40. The molecular weight excluding hydrogens is 382 g/mol. The van der Waals surface area contributed by atoms with Crippen LogP contribution in [0.25, 0.3) is 11.3 Å². The first-order valence-electron chi connectivity index (χ1n) is 9.97. The third kappa shape index (κ3) is 4.41. The van der Waals surface area contributed by atoms with E-state index in [1.54, 1.807) is 17.5 Å². The third-order valence-corrected chi connectivity index (χ3v) is 6.49. The molecule has 0 atom stereocenters. The van der Waals surface area contributed by atoms with E-state index in [-0.39, 0.29) is 11.3 Å². The Morgan fingerprint density at radius 1 is 1.14 bits per heavy atom. The highest BCUT2D eigenvalue weighted by atomic mass is 32.1. The number of hydrogen-bond acceptors (Lipinski definition) is 5. The molecule has 1 N–H and O–H groups in total. The monoisotopic (exact) mass is 409 g/mol. The fourth-order valence-electron chi connectivity index (χ4n) is 3.51. The van der Waals surface area contributed by atoms with E-state index in [0.717, 1.165) is 36.6 Å². The first kappa shape index (κ1) is 19.8. The van der Waals surface area contributed by atoms with Gasteiger partial charge in [0.25, 0.3) is 5.91 Å². The topological polar surface area (TPSA) is 65.1 Å². The maximum atomic E-state index is 13.1. The maximum Gasteiger partial charge on any atom is 0.257 e. The molecule has 2 aromatic heterocycles. The number of nitrogens with zero attached hydrogens (tertiary/aromatic N) is 4. The van der Waals surface area contributed by atoms with Gasteiger partial charge < -0.3 is 4.90 Å². The molecule has 152 valence electrons. The molecule has 1 saturated heterocycles. The Hall–Kier alpha value is -2.51. The van der Waals surface area contributed by atoms with Crippen molar-refractivity contribution < 1.29 is 4.79 Å². The number of H-pyrrole nitrogens is 1. The van der Waals surface area contributed by atoms with Crippen LogP contribution in [0, 0.1) is 0 Å². The van der Waals surface area contributed by atoms with Crippen LogP contribution in [0.4, 0.5) is 0 Å². The molecule has 4 rings (SSSR count). The van der Waals surface area contributed by atoms with Crippen molar-refractivity contribution in [3.63, 3.8) is 0 Å². The number of benzene rings is 1. The van der Waals surface area contributed by atoms with E-state index in [1.165, 1.54) is 5.01 Å². The molecule has 0 aliphatic carbocycles. The summed E-state index contributed by atoms with van der Waals surface area (Å²) in [5.41, 5.74) is 3.62. The van der Waals surface area contributed by atoms with Crippen molar-refractivity contribution in [2.24, 2.45) is 0 Å². The van der Waals surface area contributed by atoms with Gasteiger partial charge in [0, 0.05) is 49.1 Å². The summed E-state index contributed by atoms with van der Waals surface area (Å²) in [5.74, 6) is 0.0425. The molecule has 0 spiro atoms. The second-order valence-electron chi connectivity index (χ2n) is 8.49. The third-order valence-electron chi connectivity index (χ3n) is 5.17. The Labute approximate surface area is 175 Å². The number of nitrogens with one attached hydrogen (secondary N) is 1. The number of thiazole rings is 1. The van der Waals surface area contributed by atoms with Crippen LogP contribution in [-0.4, -0.2) is 57.1 Å². The summed E-state index contributed by atoms with van der Waals surface area (Å²) in [4.78, 5) is 22.2. The number of rotatable bonds is 4. The standard InChI is InChI=1S/C22H27N5OS/c1-22(2,3)21-24-17(15-29-21)14-26-9-11-27(12-10-26)20(28)18-13-23-25-19(18)16-7-5-4-6-8-16/h4-8,13,15H,9-12,14H2,1-3H3,(H,23,25). The van der Waals surface area contributed by atoms with Crippen LogP contribution in [0.2, 0.25) is 0 Å². The minimum absolute atomic E-state index is 0.0425. The summed E-state index contributed by atoms with van der Waals surface area (Å²) >= 11 is 1.74. The number of carbonyl (C=O) groups excluding carboxylic acids is 1. The molecule has 3 aromatic rings. The summed E-state index contributed by atoms with van der Waals surface area (Å²) in [6, 6.07) is 9.87. The van der Waals surface area contributed by atoms with E-state index >= 15 is 0 Å². The van der Waals surface area contributed by atoms with Crippen LogP contribution in [0.15, 0.2) is 41.9 Å². The molecule has 7 heteroatoms. The van der Waals surface area contributed by atoms with Gasteiger partial charge in [-0.25, -0.2) is 4.98 Å². The fraction of sp³-hybridized carbons (Fsp3) is 0.409. The van der Waals surface area contributed by atoms with Crippen molar-refractivity contribution in [2.75, 3.05) is 26.2 Å². The van der Waals surface area contributed by atoms with E-state index in [4.69, 9.17) is 4.98 Å². The summed E-state index contributed by atoms with van der Waals surface area (Å²) in [6.45, 7) is 10.6. The zero-order chi connectivity index (χ0) is 20.4. The molecule has 0 radical (unpaired) electrons. The lowest BCUT2D eigenvalue weighted by atomic mass is 9.98. The number of aromatic amines is 1.